The fourth-order valence-electron chi connectivity index (χ4n) is 5.06. The van der Waals surface area contributed by atoms with Crippen LogP contribution in [-0.4, -0.2) is 18.5 Å². The molecule has 4 fully saturated rings. The van der Waals surface area contributed by atoms with Gasteiger partial charge >= 0.3 is 6.03 Å². The van der Waals surface area contributed by atoms with Crippen molar-refractivity contribution in [2.24, 2.45) is 23.2 Å². The molecule has 0 aromatic rings. The summed E-state index contributed by atoms with van der Waals surface area (Å²) in [5.74, 6) is 2.24. The van der Waals surface area contributed by atoms with E-state index in [4.69, 9.17) is 0 Å². The fourth-order valence-corrected chi connectivity index (χ4v) is 5.06. The van der Waals surface area contributed by atoms with Gasteiger partial charge in [0.25, 0.3) is 0 Å². The zero-order valence-corrected chi connectivity index (χ0v) is 12.9. The van der Waals surface area contributed by atoms with Gasteiger partial charge in [0.2, 0.25) is 5.91 Å². The Bertz CT molecular complexity index is 386. The van der Waals surface area contributed by atoms with E-state index < -0.39 is 0 Å². The molecule has 0 radical (unpaired) electrons. The summed E-state index contributed by atoms with van der Waals surface area (Å²) >= 11 is 0. The predicted octanol–water partition coefficient (Wildman–Crippen LogP) is 2.33. The van der Waals surface area contributed by atoms with Crippen molar-refractivity contribution in [2.45, 2.75) is 58.3 Å². The minimum absolute atomic E-state index is 0.0345. The van der Waals surface area contributed by atoms with Gasteiger partial charge in [0, 0.05) is 6.54 Å². The maximum Gasteiger partial charge on any atom is 0.333 e. The summed E-state index contributed by atoms with van der Waals surface area (Å²) in [5.41, 5.74) is 4.98. The van der Waals surface area contributed by atoms with Crippen LogP contribution in [0.1, 0.15) is 58.3 Å². The number of amides is 3. The lowest BCUT2D eigenvalue weighted by atomic mass is 9.49. The van der Waals surface area contributed by atoms with Gasteiger partial charge in [-0.1, -0.05) is 13.3 Å². The van der Waals surface area contributed by atoms with Gasteiger partial charge in [0.05, 0.1) is 5.41 Å². The molecule has 118 valence electrons. The van der Waals surface area contributed by atoms with Crippen LogP contribution in [0, 0.1) is 23.2 Å². The van der Waals surface area contributed by atoms with Crippen LogP contribution in [0.5, 0.6) is 0 Å². The van der Waals surface area contributed by atoms with Crippen LogP contribution in [-0.2, 0) is 4.79 Å². The van der Waals surface area contributed by atoms with Crippen molar-refractivity contribution in [1.29, 1.82) is 0 Å². The number of rotatable bonds is 4. The first-order valence-corrected chi connectivity index (χ1v) is 8.45. The summed E-state index contributed by atoms with van der Waals surface area (Å²) in [6.07, 6.45) is 9.00. The molecule has 4 rings (SSSR count). The average molecular weight is 293 g/mol. The van der Waals surface area contributed by atoms with Crippen molar-refractivity contribution in [1.82, 2.24) is 16.2 Å². The molecular formula is C16H27N3O2. The van der Waals surface area contributed by atoms with Gasteiger partial charge in [-0.3, -0.25) is 10.2 Å². The minimum Gasteiger partial charge on any atom is -0.337 e. The Hall–Kier alpha value is -1.26. The highest BCUT2D eigenvalue weighted by molar-refractivity contribution is 5.85. The quantitative estimate of drug-likeness (QED) is 0.550. The highest BCUT2D eigenvalue weighted by atomic mass is 16.2. The predicted molar refractivity (Wildman–Crippen MR) is 80.2 cm³/mol. The lowest BCUT2D eigenvalue weighted by Crippen LogP contribution is -2.57. The van der Waals surface area contributed by atoms with Gasteiger partial charge in [-0.05, 0) is 62.7 Å². The molecule has 4 aliphatic rings. The zero-order valence-electron chi connectivity index (χ0n) is 12.9. The maximum absolute atomic E-state index is 12.6. The molecule has 0 aromatic heterocycles. The molecule has 0 heterocycles. The summed E-state index contributed by atoms with van der Waals surface area (Å²) in [6.45, 7) is 2.73. The van der Waals surface area contributed by atoms with E-state index in [1.54, 1.807) is 0 Å². The Morgan fingerprint density at radius 3 is 2.10 bits per heavy atom. The van der Waals surface area contributed by atoms with E-state index in [9.17, 15) is 9.59 Å². The van der Waals surface area contributed by atoms with Crippen LogP contribution < -0.4 is 16.2 Å². The minimum atomic E-state index is -0.304. The Morgan fingerprint density at radius 1 is 1.00 bits per heavy atom. The lowest BCUT2D eigenvalue weighted by Gasteiger charge is -2.55. The van der Waals surface area contributed by atoms with Crippen LogP contribution in [0.3, 0.4) is 0 Å². The molecular weight excluding hydrogens is 266 g/mol. The second-order valence-corrected chi connectivity index (χ2v) is 7.39. The van der Waals surface area contributed by atoms with E-state index in [2.05, 4.69) is 23.1 Å². The van der Waals surface area contributed by atoms with Crippen molar-refractivity contribution >= 4 is 11.9 Å². The molecule has 21 heavy (non-hydrogen) atoms. The van der Waals surface area contributed by atoms with E-state index in [1.807, 2.05) is 0 Å². The number of carbonyl (C=O) groups excluding carboxylic acids is 2. The molecule has 0 aromatic carbocycles. The van der Waals surface area contributed by atoms with Crippen molar-refractivity contribution in [3.8, 4) is 0 Å². The molecule has 4 aliphatic carbocycles. The molecule has 5 heteroatoms. The summed E-state index contributed by atoms with van der Waals surface area (Å²) in [6, 6.07) is -0.304. The Balaban J connectivity index is 1.50. The van der Waals surface area contributed by atoms with E-state index in [1.165, 1.54) is 19.3 Å². The largest absolute Gasteiger partial charge is 0.337 e. The van der Waals surface area contributed by atoms with Gasteiger partial charge in [-0.15, -0.1) is 0 Å². The van der Waals surface area contributed by atoms with Crippen LogP contribution in [0.15, 0.2) is 0 Å². The standard InChI is InChI=1S/C16H27N3O2/c1-2-3-4-17-15(21)19-18-14(20)16-8-11-5-12(9-16)7-13(6-11)10-16/h11-13H,2-10H2,1H3,(H,18,20)(H2,17,19,21). The number of hydrazine groups is 1. The zero-order chi connectivity index (χ0) is 14.9. The molecule has 0 unspecified atom stereocenters. The van der Waals surface area contributed by atoms with Gasteiger partial charge in [0.1, 0.15) is 0 Å². The molecule has 3 N–H and O–H groups in total. The smallest absolute Gasteiger partial charge is 0.333 e. The second kappa shape index (κ2) is 5.85. The monoisotopic (exact) mass is 293 g/mol. The first-order valence-electron chi connectivity index (χ1n) is 8.45. The molecule has 5 nitrogen and oxygen atoms in total. The first-order chi connectivity index (χ1) is 10.1. The lowest BCUT2D eigenvalue weighted by molar-refractivity contribution is -0.147. The Morgan fingerprint density at radius 2 is 1.57 bits per heavy atom. The number of urea groups is 1. The Labute approximate surface area is 126 Å². The molecule has 0 aliphatic heterocycles. The van der Waals surface area contributed by atoms with Gasteiger partial charge in [-0.25, -0.2) is 10.2 Å². The number of carbonyl (C=O) groups is 2. The summed E-state index contributed by atoms with van der Waals surface area (Å²) in [7, 11) is 0. The third kappa shape index (κ3) is 3.01. The normalized spacial score (nSPS) is 36.3. The maximum atomic E-state index is 12.6. The Kier molecular flexibility index (Phi) is 4.09. The van der Waals surface area contributed by atoms with Crippen LogP contribution >= 0.6 is 0 Å². The first kappa shape index (κ1) is 14.7. The molecule has 0 spiro atoms. The average Bonchev–Trinajstić information content (AvgIpc) is 2.43. The van der Waals surface area contributed by atoms with Crippen LogP contribution in [0.2, 0.25) is 0 Å². The molecule has 0 atom stereocenters. The van der Waals surface area contributed by atoms with Crippen molar-refractivity contribution < 1.29 is 9.59 Å². The summed E-state index contributed by atoms with van der Waals surface area (Å²) in [4.78, 5) is 24.2. The topological polar surface area (TPSA) is 70.2 Å². The van der Waals surface area contributed by atoms with E-state index >= 15 is 0 Å². The molecule has 4 bridgehead atoms. The van der Waals surface area contributed by atoms with Gasteiger partial charge in [-0.2, -0.15) is 0 Å². The van der Waals surface area contributed by atoms with Crippen LogP contribution in [0.4, 0.5) is 4.79 Å². The van der Waals surface area contributed by atoms with Gasteiger partial charge < -0.3 is 5.32 Å². The van der Waals surface area contributed by atoms with E-state index in [0.29, 0.717) is 6.54 Å². The van der Waals surface area contributed by atoms with E-state index in [0.717, 1.165) is 49.9 Å². The van der Waals surface area contributed by atoms with Crippen molar-refractivity contribution in [3.05, 3.63) is 0 Å². The molecule has 3 amide bonds. The molecule has 4 saturated carbocycles. The van der Waals surface area contributed by atoms with Crippen molar-refractivity contribution in [2.75, 3.05) is 6.54 Å². The fraction of sp³-hybridized carbons (Fsp3) is 0.875. The second-order valence-electron chi connectivity index (χ2n) is 7.39. The molecule has 0 saturated heterocycles. The van der Waals surface area contributed by atoms with E-state index in [-0.39, 0.29) is 17.4 Å². The van der Waals surface area contributed by atoms with Gasteiger partial charge in [0.15, 0.2) is 0 Å². The highest BCUT2D eigenvalue weighted by Gasteiger charge is 2.54. The van der Waals surface area contributed by atoms with Crippen LogP contribution in [0.25, 0.3) is 0 Å². The third-order valence-corrected chi connectivity index (χ3v) is 5.63. The summed E-state index contributed by atoms with van der Waals surface area (Å²) < 4.78 is 0. The number of hydrogen-bond donors (Lipinski definition) is 3. The third-order valence-electron chi connectivity index (χ3n) is 5.63. The number of nitrogens with one attached hydrogen (secondary N) is 3. The highest BCUT2D eigenvalue weighted by Crippen LogP contribution is 2.59. The number of unbranched alkanes of at least 4 members (excludes halogenated alkanes) is 1. The van der Waals surface area contributed by atoms with Crippen molar-refractivity contribution in [3.63, 3.8) is 0 Å². The summed E-state index contributed by atoms with van der Waals surface area (Å²) in [5, 5.41) is 2.75. The SMILES string of the molecule is CCCCNC(=O)NNC(=O)C12CC3CC(CC(C3)C1)C2. The number of hydrogen-bond acceptors (Lipinski definition) is 2.